The van der Waals surface area contributed by atoms with Gasteiger partial charge in [0, 0.05) is 19.3 Å². The highest BCUT2D eigenvalue weighted by Crippen LogP contribution is 2.12. The topological polar surface area (TPSA) is 78.9 Å². The molecule has 0 aliphatic heterocycles. The summed E-state index contributed by atoms with van der Waals surface area (Å²) in [6, 6.07) is 0. The van der Waals surface area contributed by atoms with E-state index in [1.54, 1.807) is 0 Å². The zero-order valence-corrected chi connectivity index (χ0v) is 40.3. The smallest absolute Gasteiger partial charge is 0.306 e. The van der Waals surface area contributed by atoms with Gasteiger partial charge in [0.2, 0.25) is 0 Å². The highest BCUT2D eigenvalue weighted by molar-refractivity contribution is 5.71. The van der Waals surface area contributed by atoms with Crippen molar-refractivity contribution >= 4 is 17.9 Å². The molecule has 63 heavy (non-hydrogen) atoms. The van der Waals surface area contributed by atoms with Crippen LogP contribution in [0.4, 0.5) is 0 Å². The van der Waals surface area contributed by atoms with Crippen molar-refractivity contribution in [3.8, 4) is 0 Å². The maximum absolute atomic E-state index is 12.8. The molecule has 0 atom stereocenters. The van der Waals surface area contributed by atoms with Crippen LogP contribution >= 0.6 is 0 Å². The van der Waals surface area contributed by atoms with Gasteiger partial charge in [0.05, 0.1) is 0 Å². The Morgan fingerprint density at radius 3 is 1.00 bits per heavy atom. The number of esters is 3. The van der Waals surface area contributed by atoms with E-state index in [0.29, 0.717) is 25.7 Å². The summed E-state index contributed by atoms with van der Waals surface area (Å²) in [5.41, 5.74) is 0. The van der Waals surface area contributed by atoms with E-state index in [9.17, 15) is 14.4 Å². The second kappa shape index (κ2) is 50.5. The SMILES string of the molecule is CC/C=C\C/C=C\C/C=C\C/C=C\CCCCC(=O)OCC(COC(=O)CCCC/C=C\C/C=C\C/C=C\C/C=C\CC)OC(=O)CCCCCCC/C=C\C/C=C\CCCCC. The Morgan fingerprint density at radius 2 is 0.619 bits per heavy atom. The van der Waals surface area contributed by atoms with Crippen molar-refractivity contribution in [1.29, 1.82) is 0 Å². The predicted octanol–water partition coefficient (Wildman–Crippen LogP) is 16.5. The number of carbonyl (C=O) groups excluding carboxylic acids is 3. The highest BCUT2D eigenvalue weighted by atomic mass is 16.6. The number of unbranched alkanes of at least 4 members (excludes halogenated alkanes) is 12. The lowest BCUT2D eigenvalue weighted by Gasteiger charge is -2.18. The zero-order valence-electron chi connectivity index (χ0n) is 40.3. The largest absolute Gasteiger partial charge is 0.462 e. The summed E-state index contributed by atoms with van der Waals surface area (Å²) in [5.74, 6) is -1.03. The number of hydrogen-bond acceptors (Lipinski definition) is 6. The van der Waals surface area contributed by atoms with Gasteiger partial charge in [0.15, 0.2) is 6.10 Å². The molecule has 354 valence electrons. The molecule has 0 fully saturated rings. The summed E-state index contributed by atoms with van der Waals surface area (Å²) >= 11 is 0. The van der Waals surface area contributed by atoms with E-state index in [1.807, 2.05) is 0 Å². The van der Waals surface area contributed by atoms with Crippen LogP contribution in [0.15, 0.2) is 122 Å². The first-order valence-electron chi connectivity index (χ1n) is 25.0. The number of ether oxygens (including phenoxy) is 3. The molecule has 0 unspecified atom stereocenters. The Morgan fingerprint density at radius 1 is 0.333 bits per heavy atom. The summed E-state index contributed by atoms with van der Waals surface area (Å²) in [6.45, 7) is 6.27. The van der Waals surface area contributed by atoms with Gasteiger partial charge in [-0.15, -0.1) is 0 Å². The average molecular weight is 871 g/mol. The van der Waals surface area contributed by atoms with Gasteiger partial charge < -0.3 is 14.2 Å². The third-order valence-electron chi connectivity index (χ3n) is 9.93. The van der Waals surface area contributed by atoms with E-state index in [1.165, 1.54) is 25.7 Å². The van der Waals surface area contributed by atoms with Crippen molar-refractivity contribution in [1.82, 2.24) is 0 Å². The van der Waals surface area contributed by atoms with Crippen LogP contribution in [-0.2, 0) is 28.6 Å². The minimum absolute atomic E-state index is 0.122. The van der Waals surface area contributed by atoms with Gasteiger partial charge in [-0.2, -0.15) is 0 Å². The van der Waals surface area contributed by atoms with E-state index < -0.39 is 6.10 Å². The minimum atomic E-state index is -0.822. The standard InChI is InChI=1S/C57H90O6/c1-4-7-10-13-16-19-22-25-28-31-34-37-40-43-46-49-55(58)61-52-54(63-57(60)51-48-45-42-39-36-33-30-27-24-21-18-15-12-9-6-3)53-62-56(59)50-47-44-41-38-35-32-29-26-23-20-17-14-11-8-5-2/h7-8,10-11,16-21,25-30,34-35,37-38,54H,4-6,9,12-15,22-24,31-33,36,39-53H2,1-3H3/b10-7-,11-8-,19-16-,20-17-,21-18-,28-25-,29-26-,30-27-,37-34-,38-35-. The van der Waals surface area contributed by atoms with E-state index >= 15 is 0 Å². The Balaban J connectivity index is 4.57. The molecular weight excluding hydrogens is 781 g/mol. The molecule has 6 nitrogen and oxygen atoms in total. The second-order valence-electron chi connectivity index (χ2n) is 16.0. The van der Waals surface area contributed by atoms with Crippen molar-refractivity contribution in [2.24, 2.45) is 0 Å². The third-order valence-corrected chi connectivity index (χ3v) is 9.93. The zero-order chi connectivity index (χ0) is 45.8. The van der Waals surface area contributed by atoms with Gasteiger partial charge in [-0.05, 0) is 128 Å². The van der Waals surface area contributed by atoms with Gasteiger partial charge in [0.1, 0.15) is 13.2 Å². The van der Waals surface area contributed by atoms with Crippen molar-refractivity contribution in [2.75, 3.05) is 13.2 Å². The molecule has 0 saturated heterocycles. The second-order valence-corrected chi connectivity index (χ2v) is 16.0. The molecule has 6 heteroatoms. The van der Waals surface area contributed by atoms with Gasteiger partial charge in [-0.25, -0.2) is 0 Å². The molecular formula is C57H90O6. The van der Waals surface area contributed by atoms with Crippen LogP contribution in [-0.4, -0.2) is 37.2 Å². The Bertz CT molecular complexity index is 1300. The molecule has 0 aromatic carbocycles. The lowest BCUT2D eigenvalue weighted by Crippen LogP contribution is -2.30. The van der Waals surface area contributed by atoms with E-state index in [0.717, 1.165) is 122 Å². The fraction of sp³-hybridized carbons (Fsp3) is 0.596. The van der Waals surface area contributed by atoms with Crippen molar-refractivity contribution in [3.63, 3.8) is 0 Å². The van der Waals surface area contributed by atoms with Crippen LogP contribution in [0, 0.1) is 0 Å². The molecule has 0 N–H and O–H groups in total. The first kappa shape index (κ1) is 58.8. The van der Waals surface area contributed by atoms with Crippen LogP contribution < -0.4 is 0 Å². The van der Waals surface area contributed by atoms with Crippen molar-refractivity contribution in [3.05, 3.63) is 122 Å². The maximum Gasteiger partial charge on any atom is 0.306 e. The molecule has 0 aliphatic carbocycles. The van der Waals surface area contributed by atoms with Crippen LogP contribution in [0.1, 0.15) is 201 Å². The van der Waals surface area contributed by atoms with Gasteiger partial charge in [0.25, 0.3) is 0 Å². The monoisotopic (exact) mass is 871 g/mol. The Hall–Kier alpha value is -4.19. The van der Waals surface area contributed by atoms with Gasteiger partial charge in [-0.3, -0.25) is 14.4 Å². The average Bonchev–Trinajstić information content (AvgIpc) is 3.28. The fourth-order valence-electron chi connectivity index (χ4n) is 6.22. The summed E-state index contributed by atoms with van der Waals surface area (Å²) in [5, 5.41) is 0. The molecule has 0 aromatic heterocycles. The molecule has 0 aromatic rings. The molecule has 0 spiro atoms. The summed E-state index contributed by atoms with van der Waals surface area (Å²) in [4.78, 5) is 37.9. The summed E-state index contributed by atoms with van der Waals surface area (Å²) in [7, 11) is 0. The third kappa shape index (κ3) is 48.7. The highest BCUT2D eigenvalue weighted by Gasteiger charge is 2.19. The van der Waals surface area contributed by atoms with Crippen LogP contribution in [0.25, 0.3) is 0 Å². The fourth-order valence-corrected chi connectivity index (χ4v) is 6.22. The van der Waals surface area contributed by atoms with E-state index in [-0.39, 0.29) is 37.5 Å². The molecule has 0 saturated carbocycles. The number of hydrogen-bond donors (Lipinski definition) is 0. The summed E-state index contributed by atoms with van der Waals surface area (Å²) < 4.78 is 16.7. The summed E-state index contributed by atoms with van der Waals surface area (Å²) in [6.07, 6.45) is 69.0. The lowest BCUT2D eigenvalue weighted by atomic mass is 10.1. The van der Waals surface area contributed by atoms with Gasteiger partial charge in [-0.1, -0.05) is 174 Å². The van der Waals surface area contributed by atoms with Crippen LogP contribution in [0.3, 0.4) is 0 Å². The predicted molar refractivity (Wildman–Crippen MR) is 269 cm³/mol. The Labute approximate surface area is 386 Å². The number of carbonyl (C=O) groups is 3. The normalized spacial score (nSPS) is 12.7. The molecule has 0 rings (SSSR count). The van der Waals surface area contributed by atoms with Crippen molar-refractivity contribution < 1.29 is 28.6 Å². The van der Waals surface area contributed by atoms with E-state index in [4.69, 9.17) is 14.2 Å². The van der Waals surface area contributed by atoms with Crippen molar-refractivity contribution in [2.45, 2.75) is 207 Å². The minimum Gasteiger partial charge on any atom is -0.462 e. The van der Waals surface area contributed by atoms with Gasteiger partial charge >= 0.3 is 17.9 Å². The maximum atomic E-state index is 12.8. The first-order valence-corrected chi connectivity index (χ1v) is 25.0. The van der Waals surface area contributed by atoms with Crippen LogP contribution in [0.2, 0.25) is 0 Å². The molecule has 0 bridgehead atoms. The number of allylic oxidation sites excluding steroid dienone is 20. The quantitative estimate of drug-likeness (QED) is 0.0263. The van der Waals surface area contributed by atoms with Crippen LogP contribution in [0.5, 0.6) is 0 Å². The molecule has 0 amide bonds. The first-order chi connectivity index (χ1) is 31.0. The lowest BCUT2D eigenvalue weighted by molar-refractivity contribution is -0.167. The Kier molecular flexibility index (Phi) is 47.1. The molecule has 0 aliphatic rings. The molecule has 0 radical (unpaired) electrons. The van der Waals surface area contributed by atoms with E-state index in [2.05, 4.69) is 142 Å². The molecule has 0 heterocycles. The number of rotatable bonds is 43.